The third kappa shape index (κ3) is 3.76. The van der Waals surface area contributed by atoms with Crippen molar-refractivity contribution in [1.29, 1.82) is 0 Å². The lowest BCUT2D eigenvalue weighted by Gasteiger charge is -2.29. The zero-order valence-corrected chi connectivity index (χ0v) is 10.2. The van der Waals surface area contributed by atoms with Gasteiger partial charge in [0.25, 0.3) is 0 Å². The van der Waals surface area contributed by atoms with E-state index >= 15 is 0 Å². The molecule has 1 saturated carbocycles. The van der Waals surface area contributed by atoms with Crippen molar-refractivity contribution in [2.75, 3.05) is 33.2 Å². The van der Waals surface area contributed by atoms with Gasteiger partial charge in [-0.15, -0.1) is 0 Å². The normalized spacial score (nSPS) is 25.4. The molecule has 0 spiro atoms. The van der Waals surface area contributed by atoms with E-state index in [1.165, 1.54) is 64.7 Å². The molecule has 2 heteroatoms. The molecule has 2 aliphatic rings. The van der Waals surface area contributed by atoms with Gasteiger partial charge in [0.2, 0.25) is 0 Å². The number of piperidine rings is 1. The predicted octanol–water partition coefficient (Wildman–Crippen LogP) is 2.11. The van der Waals surface area contributed by atoms with Crippen molar-refractivity contribution in [3.63, 3.8) is 0 Å². The Labute approximate surface area is 94.4 Å². The Morgan fingerprint density at radius 3 is 2.40 bits per heavy atom. The van der Waals surface area contributed by atoms with Gasteiger partial charge in [-0.3, -0.25) is 0 Å². The summed E-state index contributed by atoms with van der Waals surface area (Å²) in [6.07, 6.45) is 8.66. The van der Waals surface area contributed by atoms with Gasteiger partial charge in [0.15, 0.2) is 0 Å². The highest BCUT2D eigenvalue weighted by Gasteiger charge is 2.18. The first-order chi connectivity index (χ1) is 7.34. The van der Waals surface area contributed by atoms with Crippen molar-refractivity contribution >= 4 is 0 Å². The van der Waals surface area contributed by atoms with Gasteiger partial charge in [0.05, 0.1) is 0 Å². The zero-order chi connectivity index (χ0) is 10.5. The van der Waals surface area contributed by atoms with Gasteiger partial charge in [-0.25, -0.2) is 0 Å². The van der Waals surface area contributed by atoms with Gasteiger partial charge in [0.1, 0.15) is 0 Å². The van der Waals surface area contributed by atoms with E-state index in [1.54, 1.807) is 0 Å². The van der Waals surface area contributed by atoms with Crippen LogP contribution in [-0.2, 0) is 0 Å². The summed E-state index contributed by atoms with van der Waals surface area (Å²) in [6, 6.07) is 0. The van der Waals surface area contributed by atoms with Gasteiger partial charge in [-0.1, -0.05) is 6.42 Å². The number of nitrogens with one attached hydrogen (secondary N) is 1. The maximum absolute atomic E-state index is 3.63. The molecule has 88 valence electrons. The fraction of sp³-hybridized carbons (Fsp3) is 1.00. The summed E-state index contributed by atoms with van der Waals surface area (Å²) in [4.78, 5) is 2.46. The van der Waals surface area contributed by atoms with Crippen molar-refractivity contribution in [3.8, 4) is 0 Å². The molecule has 0 bridgehead atoms. The van der Waals surface area contributed by atoms with E-state index in [2.05, 4.69) is 17.3 Å². The number of nitrogens with zero attached hydrogens (tertiary/aromatic N) is 1. The van der Waals surface area contributed by atoms with E-state index in [0.29, 0.717) is 0 Å². The van der Waals surface area contributed by atoms with Gasteiger partial charge in [0, 0.05) is 0 Å². The first-order valence-electron chi connectivity index (χ1n) is 6.74. The zero-order valence-electron chi connectivity index (χ0n) is 10.2. The van der Waals surface area contributed by atoms with Crippen LogP contribution in [0.25, 0.3) is 0 Å². The van der Waals surface area contributed by atoms with Crippen LogP contribution >= 0.6 is 0 Å². The Morgan fingerprint density at radius 2 is 1.80 bits per heavy atom. The molecule has 0 radical (unpaired) electrons. The molecule has 0 atom stereocenters. The summed E-state index contributed by atoms with van der Waals surface area (Å²) in [5.41, 5.74) is 0. The number of hydrogen-bond donors (Lipinski definition) is 1. The number of likely N-dealkylation sites (tertiary alicyclic amines) is 1. The van der Waals surface area contributed by atoms with Gasteiger partial charge >= 0.3 is 0 Å². The molecule has 2 nitrogen and oxygen atoms in total. The van der Waals surface area contributed by atoms with E-state index in [4.69, 9.17) is 0 Å². The standard InChI is InChI=1S/C13H26N2/c1-15-9-6-12(7-10-15)5-8-14-11-13-3-2-4-13/h12-14H,2-11H2,1H3. The van der Waals surface area contributed by atoms with Crippen molar-refractivity contribution in [3.05, 3.63) is 0 Å². The third-order valence-corrected chi connectivity index (χ3v) is 4.23. The summed E-state index contributed by atoms with van der Waals surface area (Å²) >= 11 is 0. The van der Waals surface area contributed by atoms with Crippen molar-refractivity contribution in [1.82, 2.24) is 10.2 Å². The summed E-state index contributed by atoms with van der Waals surface area (Å²) in [5, 5.41) is 3.63. The Morgan fingerprint density at radius 1 is 1.07 bits per heavy atom. The molecular weight excluding hydrogens is 184 g/mol. The first-order valence-corrected chi connectivity index (χ1v) is 6.74. The maximum atomic E-state index is 3.63. The van der Waals surface area contributed by atoms with Crippen LogP contribution in [0.1, 0.15) is 38.5 Å². The van der Waals surface area contributed by atoms with E-state index in [1.807, 2.05) is 0 Å². The predicted molar refractivity (Wildman–Crippen MR) is 65.0 cm³/mol. The van der Waals surface area contributed by atoms with Crippen molar-refractivity contribution in [2.24, 2.45) is 11.8 Å². The topological polar surface area (TPSA) is 15.3 Å². The highest BCUT2D eigenvalue weighted by Crippen LogP contribution is 2.25. The number of rotatable bonds is 5. The van der Waals surface area contributed by atoms with Crippen LogP contribution in [0.5, 0.6) is 0 Å². The second kappa shape index (κ2) is 5.86. The third-order valence-electron chi connectivity index (χ3n) is 4.23. The van der Waals surface area contributed by atoms with E-state index < -0.39 is 0 Å². The van der Waals surface area contributed by atoms with Crippen LogP contribution in [0.2, 0.25) is 0 Å². The van der Waals surface area contributed by atoms with E-state index in [0.717, 1.165) is 11.8 Å². The maximum Gasteiger partial charge on any atom is -0.00191 e. The minimum atomic E-state index is 0.995. The summed E-state index contributed by atoms with van der Waals surface area (Å²) in [7, 11) is 2.24. The summed E-state index contributed by atoms with van der Waals surface area (Å²) in [6.45, 7) is 5.16. The molecule has 1 aliphatic heterocycles. The lowest BCUT2D eigenvalue weighted by molar-refractivity contribution is 0.209. The molecule has 2 fully saturated rings. The average Bonchev–Trinajstić information content (AvgIpc) is 2.18. The highest BCUT2D eigenvalue weighted by molar-refractivity contribution is 4.73. The fourth-order valence-corrected chi connectivity index (χ4v) is 2.66. The summed E-state index contributed by atoms with van der Waals surface area (Å²) < 4.78 is 0. The van der Waals surface area contributed by atoms with Crippen LogP contribution in [0, 0.1) is 11.8 Å². The minimum Gasteiger partial charge on any atom is -0.316 e. The van der Waals surface area contributed by atoms with Crippen LogP contribution in [0.3, 0.4) is 0 Å². The smallest absolute Gasteiger partial charge is 0.00191 e. The Kier molecular flexibility index (Phi) is 4.45. The molecule has 0 aromatic rings. The molecule has 0 amide bonds. The highest BCUT2D eigenvalue weighted by atomic mass is 15.1. The van der Waals surface area contributed by atoms with Crippen LogP contribution in [0.15, 0.2) is 0 Å². The Bertz CT molecular complexity index is 169. The minimum absolute atomic E-state index is 0.995. The Balaban J connectivity index is 1.46. The van der Waals surface area contributed by atoms with Gasteiger partial charge in [-0.05, 0) is 77.2 Å². The molecule has 15 heavy (non-hydrogen) atoms. The molecule has 1 saturated heterocycles. The van der Waals surface area contributed by atoms with Crippen molar-refractivity contribution in [2.45, 2.75) is 38.5 Å². The first kappa shape index (κ1) is 11.4. The molecule has 0 unspecified atom stereocenters. The lowest BCUT2D eigenvalue weighted by Crippen LogP contribution is -2.33. The van der Waals surface area contributed by atoms with Crippen LogP contribution < -0.4 is 5.32 Å². The quantitative estimate of drug-likeness (QED) is 0.699. The lowest BCUT2D eigenvalue weighted by atomic mass is 9.85. The van der Waals surface area contributed by atoms with Gasteiger partial charge < -0.3 is 10.2 Å². The molecule has 0 aromatic carbocycles. The second-order valence-corrected chi connectivity index (χ2v) is 5.54. The van der Waals surface area contributed by atoms with E-state index in [9.17, 15) is 0 Å². The monoisotopic (exact) mass is 210 g/mol. The molecule has 0 aromatic heterocycles. The molecule has 1 heterocycles. The van der Waals surface area contributed by atoms with Crippen LogP contribution in [-0.4, -0.2) is 38.1 Å². The average molecular weight is 210 g/mol. The molecular formula is C13H26N2. The van der Waals surface area contributed by atoms with E-state index in [-0.39, 0.29) is 0 Å². The summed E-state index contributed by atoms with van der Waals surface area (Å²) in [5.74, 6) is 2.01. The molecule has 2 rings (SSSR count). The van der Waals surface area contributed by atoms with Crippen LogP contribution in [0.4, 0.5) is 0 Å². The van der Waals surface area contributed by atoms with Crippen molar-refractivity contribution < 1.29 is 0 Å². The van der Waals surface area contributed by atoms with Gasteiger partial charge in [-0.2, -0.15) is 0 Å². The fourth-order valence-electron chi connectivity index (χ4n) is 2.66. The number of hydrogen-bond acceptors (Lipinski definition) is 2. The molecule has 1 aliphatic carbocycles. The largest absolute Gasteiger partial charge is 0.316 e. The second-order valence-electron chi connectivity index (χ2n) is 5.54. The SMILES string of the molecule is CN1CCC(CCNCC2CCC2)CC1. The molecule has 1 N–H and O–H groups in total. The Hall–Kier alpha value is -0.0800.